The summed E-state index contributed by atoms with van der Waals surface area (Å²) in [5.41, 5.74) is 1.71. The molecule has 1 aromatic heterocycles. The summed E-state index contributed by atoms with van der Waals surface area (Å²) in [5.74, 6) is 0.509. The summed E-state index contributed by atoms with van der Waals surface area (Å²) < 4.78 is 9.78. The van der Waals surface area contributed by atoms with Crippen molar-refractivity contribution < 1.29 is 14.3 Å². The molecule has 4 nitrogen and oxygen atoms in total. The van der Waals surface area contributed by atoms with Crippen molar-refractivity contribution >= 4 is 17.3 Å². The van der Waals surface area contributed by atoms with Gasteiger partial charge in [-0.25, -0.2) is 4.98 Å². The maximum absolute atomic E-state index is 11.1. The molecule has 2 rings (SSSR count). The molecule has 0 aliphatic heterocycles. The van der Waals surface area contributed by atoms with Crippen molar-refractivity contribution in [2.45, 2.75) is 6.42 Å². The number of benzene rings is 1. The number of nitrogens with zero attached hydrogens (tertiary/aromatic N) is 1. The number of rotatable bonds is 4. The van der Waals surface area contributed by atoms with E-state index in [2.05, 4.69) is 9.72 Å². The van der Waals surface area contributed by atoms with E-state index in [9.17, 15) is 4.79 Å². The molecule has 0 spiro atoms. The minimum atomic E-state index is -0.280. The smallest absolute Gasteiger partial charge is 0.311 e. The second-order valence-corrected chi connectivity index (χ2v) is 4.49. The van der Waals surface area contributed by atoms with Gasteiger partial charge in [0.15, 0.2) is 0 Å². The number of methoxy groups -OCH3 is 2. The number of esters is 1. The van der Waals surface area contributed by atoms with Crippen LogP contribution in [-0.4, -0.2) is 25.2 Å². The standard InChI is InChI=1S/C13H13NO3S/c1-16-11-5-3-4-9(6-11)13-14-10(8-18-13)7-12(15)17-2/h3-6,8H,7H2,1-2H3. The average molecular weight is 263 g/mol. The first-order valence-corrected chi connectivity index (χ1v) is 6.26. The average Bonchev–Trinajstić information content (AvgIpc) is 2.87. The quantitative estimate of drug-likeness (QED) is 0.795. The first-order chi connectivity index (χ1) is 8.72. The van der Waals surface area contributed by atoms with Gasteiger partial charge in [0.2, 0.25) is 0 Å². The zero-order chi connectivity index (χ0) is 13.0. The number of thiazole rings is 1. The number of aromatic nitrogens is 1. The Labute approximate surface area is 109 Å². The van der Waals surface area contributed by atoms with Gasteiger partial charge in [0.1, 0.15) is 10.8 Å². The molecule has 1 heterocycles. The van der Waals surface area contributed by atoms with Gasteiger partial charge in [-0.2, -0.15) is 0 Å². The van der Waals surface area contributed by atoms with Crippen molar-refractivity contribution in [2.24, 2.45) is 0 Å². The lowest BCUT2D eigenvalue weighted by atomic mass is 10.2. The van der Waals surface area contributed by atoms with Crippen molar-refractivity contribution in [3.05, 3.63) is 35.3 Å². The van der Waals surface area contributed by atoms with E-state index in [1.54, 1.807) is 7.11 Å². The number of hydrogen-bond donors (Lipinski definition) is 0. The molecule has 0 radical (unpaired) electrons. The molecule has 0 unspecified atom stereocenters. The van der Waals surface area contributed by atoms with Crippen LogP contribution >= 0.6 is 11.3 Å². The van der Waals surface area contributed by atoms with Gasteiger partial charge in [-0.3, -0.25) is 4.79 Å². The third-order valence-electron chi connectivity index (χ3n) is 2.42. The van der Waals surface area contributed by atoms with E-state index in [4.69, 9.17) is 4.74 Å². The molecule has 0 N–H and O–H groups in total. The highest BCUT2D eigenvalue weighted by Gasteiger charge is 2.09. The van der Waals surface area contributed by atoms with Crippen LogP contribution in [0.1, 0.15) is 5.69 Å². The molecule has 0 aliphatic carbocycles. The molecule has 0 amide bonds. The van der Waals surface area contributed by atoms with E-state index >= 15 is 0 Å². The number of carbonyl (C=O) groups is 1. The molecule has 0 atom stereocenters. The molecular weight excluding hydrogens is 250 g/mol. The summed E-state index contributed by atoms with van der Waals surface area (Å²) in [6.45, 7) is 0. The van der Waals surface area contributed by atoms with Gasteiger partial charge in [0.25, 0.3) is 0 Å². The van der Waals surface area contributed by atoms with Crippen LogP contribution in [0.4, 0.5) is 0 Å². The lowest BCUT2D eigenvalue weighted by Gasteiger charge is -2.01. The van der Waals surface area contributed by atoms with Gasteiger partial charge in [0.05, 0.1) is 26.3 Å². The second kappa shape index (κ2) is 5.64. The highest BCUT2D eigenvalue weighted by Crippen LogP contribution is 2.26. The number of ether oxygens (including phenoxy) is 2. The summed E-state index contributed by atoms with van der Waals surface area (Å²) in [4.78, 5) is 15.6. The molecule has 0 saturated carbocycles. The van der Waals surface area contributed by atoms with Gasteiger partial charge in [-0.15, -0.1) is 11.3 Å². The highest BCUT2D eigenvalue weighted by atomic mass is 32.1. The van der Waals surface area contributed by atoms with Crippen LogP contribution in [0, 0.1) is 0 Å². The minimum absolute atomic E-state index is 0.205. The van der Waals surface area contributed by atoms with Crippen LogP contribution in [0.5, 0.6) is 5.75 Å². The van der Waals surface area contributed by atoms with Crippen molar-refractivity contribution in [3.8, 4) is 16.3 Å². The summed E-state index contributed by atoms with van der Waals surface area (Å²) in [7, 11) is 3.00. The van der Waals surface area contributed by atoms with Gasteiger partial charge >= 0.3 is 5.97 Å². The fraction of sp³-hybridized carbons (Fsp3) is 0.231. The van der Waals surface area contributed by atoms with Gasteiger partial charge < -0.3 is 9.47 Å². The second-order valence-electron chi connectivity index (χ2n) is 3.63. The maximum Gasteiger partial charge on any atom is 0.311 e. The molecule has 0 saturated heterocycles. The summed E-state index contributed by atoms with van der Waals surface area (Å²) in [5, 5.41) is 2.74. The zero-order valence-corrected chi connectivity index (χ0v) is 11.0. The van der Waals surface area contributed by atoms with Crippen LogP contribution in [0.15, 0.2) is 29.6 Å². The van der Waals surface area contributed by atoms with Crippen molar-refractivity contribution in [1.29, 1.82) is 0 Å². The lowest BCUT2D eigenvalue weighted by Crippen LogP contribution is -2.04. The van der Waals surface area contributed by atoms with Crippen LogP contribution < -0.4 is 4.74 Å². The molecule has 0 bridgehead atoms. The molecule has 18 heavy (non-hydrogen) atoms. The van der Waals surface area contributed by atoms with Crippen molar-refractivity contribution in [3.63, 3.8) is 0 Å². The topological polar surface area (TPSA) is 48.4 Å². The molecule has 1 aromatic carbocycles. The number of hydrogen-bond acceptors (Lipinski definition) is 5. The molecule has 0 aliphatic rings. The SMILES string of the molecule is COC(=O)Cc1csc(-c2cccc(OC)c2)n1. The Bertz CT molecular complexity index is 551. The maximum atomic E-state index is 11.1. The first-order valence-electron chi connectivity index (χ1n) is 5.38. The van der Waals surface area contributed by atoms with Crippen LogP contribution in [0.3, 0.4) is 0 Å². The highest BCUT2D eigenvalue weighted by molar-refractivity contribution is 7.13. The third kappa shape index (κ3) is 2.87. The Kier molecular flexibility index (Phi) is 3.94. The zero-order valence-electron chi connectivity index (χ0n) is 10.2. The van der Waals surface area contributed by atoms with Crippen molar-refractivity contribution in [1.82, 2.24) is 4.98 Å². The summed E-state index contributed by atoms with van der Waals surface area (Å²) in [6.07, 6.45) is 0.205. The van der Waals surface area contributed by atoms with Gasteiger partial charge in [-0.05, 0) is 12.1 Å². The summed E-state index contributed by atoms with van der Waals surface area (Å²) >= 11 is 1.50. The molecule has 2 aromatic rings. The van der Waals surface area contributed by atoms with E-state index in [1.165, 1.54) is 18.4 Å². The van der Waals surface area contributed by atoms with Crippen LogP contribution in [0.2, 0.25) is 0 Å². The Morgan fingerprint density at radius 1 is 1.39 bits per heavy atom. The predicted molar refractivity (Wildman–Crippen MR) is 69.8 cm³/mol. The normalized spacial score (nSPS) is 10.1. The molecule has 0 fully saturated rings. The first kappa shape index (κ1) is 12.6. The van der Waals surface area contributed by atoms with E-state index in [1.807, 2.05) is 29.6 Å². The molecule has 94 valence electrons. The molecule has 5 heteroatoms. The van der Waals surface area contributed by atoms with E-state index in [-0.39, 0.29) is 12.4 Å². The summed E-state index contributed by atoms with van der Waals surface area (Å²) in [6, 6.07) is 7.67. The van der Waals surface area contributed by atoms with Crippen molar-refractivity contribution in [2.75, 3.05) is 14.2 Å². The Hall–Kier alpha value is -1.88. The fourth-order valence-electron chi connectivity index (χ4n) is 1.50. The monoisotopic (exact) mass is 263 g/mol. The van der Waals surface area contributed by atoms with Crippen LogP contribution in [0.25, 0.3) is 10.6 Å². The van der Waals surface area contributed by atoms with Gasteiger partial charge in [-0.1, -0.05) is 12.1 Å². The van der Waals surface area contributed by atoms with Crippen LogP contribution in [-0.2, 0) is 16.0 Å². The third-order valence-corrected chi connectivity index (χ3v) is 3.36. The Morgan fingerprint density at radius 3 is 2.94 bits per heavy atom. The van der Waals surface area contributed by atoms with E-state index in [0.29, 0.717) is 0 Å². The largest absolute Gasteiger partial charge is 0.497 e. The lowest BCUT2D eigenvalue weighted by molar-refractivity contribution is -0.139. The predicted octanol–water partition coefficient (Wildman–Crippen LogP) is 2.53. The van der Waals surface area contributed by atoms with E-state index in [0.717, 1.165) is 22.0 Å². The Morgan fingerprint density at radius 2 is 2.22 bits per heavy atom. The van der Waals surface area contributed by atoms with E-state index < -0.39 is 0 Å². The molecular formula is C13H13NO3S. The number of carbonyl (C=O) groups excluding carboxylic acids is 1. The fourth-order valence-corrected chi connectivity index (χ4v) is 2.31. The van der Waals surface area contributed by atoms with Gasteiger partial charge in [0, 0.05) is 10.9 Å². The minimum Gasteiger partial charge on any atom is -0.497 e. The Balaban J connectivity index is 2.20.